The molecule has 0 spiro atoms. The van der Waals surface area contributed by atoms with Crippen molar-refractivity contribution in [1.29, 1.82) is 0 Å². The molecule has 1 amide bonds. The predicted octanol–water partition coefficient (Wildman–Crippen LogP) is 1.38. The average Bonchev–Trinajstić information content (AvgIpc) is 3.07. The van der Waals surface area contributed by atoms with Crippen molar-refractivity contribution in [1.82, 2.24) is 4.90 Å². The van der Waals surface area contributed by atoms with Gasteiger partial charge in [0.05, 0.1) is 0 Å². The Balaban J connectivity index is 1.61. The molecule has 0 unspecified atom stereocenters. The van der Waals surface area contributed by atoms with Gasteiger partial charge in [-0.3, -0.25) is 4.79 Å². The van der Waals surface area contributed by atoms with Crippen molar-refractivity contribution in [3.05, 3.63) is 35.9 Å². The molecule has 2 aliphatic rings. The molecule has 1 fully saturated rings. The number of rotatable bonds is 4. The summed E-state index contributed by atoms with van der Waals surface area (Å²) in [6.07, 6.45) is 3.57. The summed E-state index contributed by atoms with van der Waals surface area (Å²) >= 11 is 0. The van der Waals surface area contributed by atoms with E-state index in [9.17, 15) is 15.0 Å². The molecule has 0 bridgehead atoms. The fourth-order valence-electron chi connectivity index (χ4n) is 2.80. The van der Waals surface area contributed by atoms with Crippen molar-refractivity contribution in [3.8, 4) is 11.5 Å². The topological polar surface area (TPSA) is 79.2 Å². The molecule has 6 nitrogen and oxygen atoms in total. The Bertz CT molecular complexity index is 595. The summed E-state index contributed by atoms with van der Waals surface area (Å²) in [4.78, 5) is 13.8. The van der Waals surface area contributed by atoms with Gasteiger partial charge >= 0.3 is 0 Å². The first-order valence-corrected chi connectivity index (χ1v) is 7.88. The molecule has 1 saturated heterocycles. The second-order valence-electron chi connectivity index (χ2n) is 5.79. The van der Waals surface area contributed by atoms with E-state index < -0.39 is 12.2 Å². The van der Waals surface area contributed by atoms with Gasteiger partial charge in [0.2, 0.25) is 12.7 Å². The number of ether oxygens (including phenoxy) is 2. The third kappa shape index (κ3) is 3.65. The highest BCUT2D eigenvalue weighted by Crippen LogP contribution is 2.34. The van der Waals surface area contributed by atoms with Gasteiger partial charge in [-0.25, -0.2) is 0 Å². The van der Waals surface area contributed by atoms with Crippen molar-refractivity contribution in [2.45, 2.75) is 31.5 Å². The van der Waals surface area contributed by atoms with Gasteiger partial charge in [-0.05, 0) is 43.0 Å². The number of piperidine rings is 1. The molecule has 0 radical (unpaired) electrons. The second kappa shape index (κ2) is 7.02. The van der Waals surface area contributed by atoms with E-state index in [0.29, 0.717) is 17.1 Å². The Kier molecular flexibility index (Phi) is 4.83. The molecule has 124 valence electrons. The van der Waals surface area contributed by atoms with Crippen LogP contribution in [0.15, 0.2) is 30.4 Å². The second-order valence-corrected chi connectivity index (χ2v) is 5.79. The zero-order chi connectivity index (χ0) is 16.2. The van der Waals surface area contributed by atoms with E-state index in [1.54, 1.807) is 23.1 Å². The van der Waals surface area contributed by atoms with Crippen LogP contribution in [0.2, 0.25) is 0 Å². The lowest BCUT2D eigenvalue weighted by atomic mass is 10.0. The average molecular weight is 319 g/mol. The Labute approximate surface area is 134 Å². The van der Waals surface area contributed by atoms with Crippen LogP contribution in [0.4, 0.5) is 0 Å². The Morgan fingerprint density at radius 1 is 1.13 bits per heavy atom. The van der Waals surface area contributed by atoms with Gasteiger partial charge in [-0.15, -0.1) is 0 Å². The number of likely N-dealkylation sites (tertiary alicyclic amines) is 1. The maximum atomic E-state index is 12.0. The Morgan fingerprint density at radius 2 is 1.87 bits per heavy atom. The van der Waals surface area contributed by atoms with Crippen LogP contribution < -0.4 is 9.47 Å². The number of carbonyl (C=O) groups is 1. The Morgan fingerprint density at radius 3 is 2.65 bits per heavy atom. The van der Waals surface area contributed by atoms with Crippen LogP contribution in [-0.2, 0) is 4.79 Å². The number of nitrogens with zero attached hydrogens (tertiary/aromatic N) is 1. The Hall–Kier alpha value is -2.05. The molecule has 0 saturated carbocycles. The highest BCUT2D eigenvalue weighted by Gasteiger charge is 2.21. The minimum Gasteiger partial charge on any atom is -0.454 e. The lowest BCUT2D eigenvalue weighted by Gasteiger charge is -2.25. The molecule has 1 aromatic carbocycles. The molecule has 0 aromatic heterocycles. The molecular formula is C17H21NO5. The van der Waals surface area contributed by atoms with E-state index >= 15 is 0 Å². The largest absolute Gasteiger partial charge is 0.454 e. The number of benzene rings is 1. The highest BCUT2D eigenvalue weighted by atomic mass is 16.7. The summed E-state index contributed by atoms with van der Waals surface area (Å²) in [6.45, 7) is 1.66. The first-order valence-electron chi connectivity index (χ1n) is 7.88. The van der Waals surface area contributed by atoms with Crippen LogP contribution in [-0.4, -0.2) is 47.0 Å². The summed E-state index contributed by atoms with van der Waals surface area (Å²) in [5, 5.41) is 20.3. The number of aliphatic hydroxyl groups is 2. The lowest BCUT2D eigenvalue weighted by molar-refractivity contribution is -0.126. The van der Waals surface area contributed by atoms with Crippen LogP contribution in [0.3, 0.4) is 0 Å². The van der Waals surface area contributed by atoms with Gasteiger partial charge in [-0.1, -0.05) is 6.07 Å². The zero-order valence-electron chi connectivity index (χ0n) is 12.9. The fourth-order valence-corrected chi connectivity index (χ4v) is 2.80. The van der Waals surface area contributed by atoms with E-state index in [0.717, 1.165) is 32.4 Å². The highest BCUT2D eigenvalue weighted by molar-refractivity contribution is 5.87. The summed E-state index contributed by atoms with van der Waals surface area (Å²) in [7, 11) is 0. The zero-order valence-corrected chi connectivity index (χ0v) is 12.9. The summed E-state index contributed by atoms with van der Waals surface area (Å²) in [5.74, 6) is 1.04. The number of carbonyl (C=O) groups excluding carboxylic acids is 1. The first kappa shape index (κ1) is 15.8. The molecule has 6 heteroatoms. The van der Waals surface area contributed by atoms with Crippen molar-refractivity contribution in [2.75, 3.05) is 19.9 Å². The van der Waals surface area contributed by atoms with Crippen molar-refractivity contribution < 1.29 is 24.5 Å². The lowest BCUT2D eigenvalue weighted by Crippen LogP contribution is -2.34. The van der Waals surface area contributed by atoms with Gasteiger partial charge < -0.3 is 24.6 Å². The van der Waals surface area contributed by atoms with Gasteiger partial charge in [0.15, 0.2) is 11.5 Å². The third-order valence-electron chi connectivity index (χ3n) is 4.17. The van der Waals surface area contributed by atoms with Gasteiger partial charge in [0, 0.05) is 19.2 Å². The summed E-state index contributed by atoms with van der Waals surface area (Å²) in [5.41, 5.74) is 0.511. The monoisotopic (exact) mass is 319 g/mol. The van der Waals surface area contributed by atoms with Crippen LogP contribution in [0.25, 0.3) is 0 Å². The van der Waals surface area contributed by atoms with Crippen molar-refractivity contribution >= 4 is 5.91 Å². The summed E-state index contributed by atoms with van der Waals surface area (Å²) in [6, 6.07) is 4.99. The SMILES string of the molecule is O=C(/C=C/[C@@H](O)[C@H](O)c1ccc2c(c1)OCO2)N1CCCCC1. The minimum atomic E-state index is -1.16. The fraction of sp³-hybridized carbons (Fsp3) is 0.471. The van der Waals surface area contributed by atoms with Crippen LogP contribution >= 0.6 is 0 Å². The quantitative estimate of drug-likeness (QED) is 0.820. The van der Waals surface area contributed by atoms with E-state index in [1.807, 2.05) is 0 Å². The van der Waals surface area contributed by atoms with E-state index in [1.165, 1.54) is 12.2 Å². The maximum Gasteiger partial charge on any atom is 0.246 e. The normalized spacial score (nSPS) is 19.8. The number of fused-ring (bicyclic) bond motifs is 1. The number of hydrogen-bond donors (Lipinski definition) is 2. The van der Waals surface area contributed by atoms with Crippen LogP contribution in [0, 0.1) is 0 Å². The molecule has 2 heterocycles. The van der Waals surface area contributed by atoms with Crippen molar-refractivity contribution in [3.63, 3.8) is 0 Å². The smallest absolute Gasteiger partial charge is 0.246 e. The van der Waals surface area contributed by atoms with Gasteiger partial charge in [0.25, 0.3) is 0 Å². The van der Waals surface area contributed by atoms with E-state index in [4.69, 9.17) is 9.47 Å². The molecule has 2 N–H and O–H groups in total. The molecular weight excluding hydrogens is 298 g/mol. The molecule has 2 aliphatic heterocycles. The van der Waals surface area contributed by atoms with Crippen molar-refractivity contribution in [2.24, 2.45) is 0 Å². The van der Waals surface area contributed by atoms with Crippen LogP contribution in [0.1, 0.15) is 30.9 Å². The predicted molar refractivity (Wildman–Crippen MR) is 83.1 cm³/mol. The molecule has 2 atom stereocenters. The van der Waals surface area contributed by atoms with Gasteiger partial charge in [0.1, 0.15) is 12.2 Å². The number of hydrogen-bond acceptors (Lipinski definition) is 5. The number of aliphatic hydroxyl groups excluding tert-OH is 2. The molecule has 3 rings (SSSR count). The van der Waals surface area contributed by atoms with E-state index in [-0.39, 0.29) is 12.7 Å². The molecule has 0 aliphatic carbocycles. The van der Waals surface area contributed by atoms with Gasteiger partial charge in [-0.2, -0.15) is 0 Å². The molecule has 1 aromatic rings. The van der Waals surface area contributed by atoms with E-state index in [2.05, 4.69) is 0 Å². The first-order chi connectivity index (χ1) is 11.1. The minimum absolute atomic E-state index is 0.123. The maximum absolute atomic E-state index is 12.0. The molecule has 23 heavy (non-hydrogen) atoms. The standard InChI is InChI=1S/C17H21NO5/c19-13(5-7-16(20)18-8-2-1-3-9-18)17(21)12-4-6-14-15(10-12)23-11-22-14/h4-7,10,13,17,19,21H,1-3,8-9,11H2/b7-5+/t13-,17-/m1/s1. The third-order valence-corrected chi connectivity index (χ3v) is 4.17. The number of amides is 1. The summed E-state index contributed by atoms with van der Waals surface area (Å²) < 4.78 is 10.5. The van der Waals surface area contributed by atoms with Crippen LogP contribution in [0.5, 0.6) is 11.5 Å².